The van der Waals surface area contributed by atoms with E-state index in [9.17, 15) is 4.79 Å². The van der Waals surface area contributed by atoms with Crippen LogP contribution < -0.4 is 5.32 Å². The number of hydrogen-bond donors (Lipinski definition) is 2. The van der Waals surface area contributed by atoms with Crippen molar-refractivity contribution in [3.8, 4) is 0 Å². The smallest absolute Gasteiger partial charge is 0.306 e. The van der Waals surface area contributed by atoms with Gasteiger partial charge in [-0.3, -0.25) is 4.79 Å². The first-order valence-corrected chi connectivity index (χ1v) is 7.32. The minimum atomic E-state index is -0.649. The quantitative estimate of drug-likeness (QED) is 0.830. The van der Waals surface area contributed by atoms with E-state index in [4.69, 9.17) is 9.63 Å². The summed E-state index contributed by atoms with van der Waals surface area (Å²) in [5.74, 6) is 1.38. The van der Waals surface area contributed by atoms with Gasteiger partial charge in [0.05, 0.1) is 12.5 Å². The van der Waals surface area contributed by atoms with Gasteiger partial charge in [0.1, 0.15) is 0 Å². The van der Waals surface area contributed by atoms with Crippen molar-refractivity contribution in [3.63, 3.8) is 0 Å². The second kappa shape index (κ2) is 6.83. The number of hydrogen-bond acceptors (Lipinski definition) is 5. The van der Waals surface area contributed by atoms with Crippen LogP contribution >= 0.6 is 0 Å². The molecule has 1 aromatic rings. The lowest BCUT2D eigenvalue weighted by atomic mass is 9.82. The number of aliphatic carboxylic acids is 1. The average Bonchev–Trinajstić information content (AvgIpc) is 2.88. The molecule has 2 N–H and O–H groups in total. The van der Waals surface area contributed by atoms with Crippen LogP contribution in [0, 0.1) is 11.8 Å². The van der Waals surface area contributed by atoms with Crippen molar-refractivity contribution in [2.24, 2.45) is 11.8 Å². The zero-order valence-corrected chi connectivity index (χ0v) is 12.1. The molecule has 1 aromatic heterocycles. The molecule has 2 rings (SSSR count). The maximum absolute atomic E-state index is 10.9. The molecule has 112 valence electrons. The third-order valence-corrected chi connectivity index (χ3v) is 3.89. The Morgan fingerprint density at radius 3 is 2.65 bits per heavy atom. The van der Waals surface area contributed by atoms with Gasteiger partial charge in [0.15, 0.2) is 5.82 Å². The van der Waals surface area contributed by atoms with Crippen LogP contribution in [0.2, 0.25) is 0 Å². The zero-order valence-electron chi connectivity index (χ0n) is 12.1. The predicted molar refractivity (Wildman–Crippen MR) is 73.2 cm³/mol. The summed E-state index contributed by atoms with van der Waals surface area (Å²) >= 11 is 0. The van der Waals surface area contributed by atoms with Gasteiger partial charge in [0, 0.05) is 5.92 Å². The number of nitrogens with one attached hydrogen (secondary N) is 1. The Morgan fingerprint density at radius 2 is 2.10 bits per heavy atom. The molecule has 0 saturated heterocycles. The second-order valence-corrected chi connectivity index (χ2v) is 5.89. The molecule has 1 fully saturated rings. The van der Waals surface area contributed by atoms with Crippen LogP contribution in [0.3, 0.4) is 0 Å². The van der Waals surface area contributed by atoms with E-state index in [-0.39, 0.29) is 11.8 Å². The fourth-order valence-corrected chi connectivity index (χ4v) is 2.58. The third kappa shape index (κ3) is 4.03. The molecule has 0 aromatic carbocycles. The molecule has 0 atom stereocenters. The summed E-state index contributed by atoms with van der Waals surface area (Å²) in [5, 5.41) is 16.2. The van der Waals surface area contributed by atoms with Crippen molar-refractivity contribution >= 4 is 5.97 Å². The van der Waals surface area contributed by atoms with Gasteiger partial charge in [-0.05, 0) is 38.1 Å². The molecule has 1 aliphatic rings. The van der Waals surface area contributed by atoms with Gasteiger partial charge >= 0.3 is 5.97 Å². The molecule has 0 radical (unpaired) electrons. The molecule has 0 aliphatic heterocycles. The van der Waals surface area contributed by atoms with Crippen LogP contribution in [0.4, 0.5) is 0 Å². The Kier molecular flexibility index (Phi) is 5.11. The van der Waals surface area contributed by atoms with Crippen LogP contribution in [0.25, 0.3) is 0 Å². The first-order valence-electron chi connectivity index (χ1n) is 7.32. The van der Waals surface area contributed by atoms with Crippen molar-refractivity contribution in [1.29, 1.82) is 0 Å². The van der Waals surface area contributed by atoms with Crippen LogP contribution in [0.5, 0.6) is 0 Å². The fraction of sp³-hybridized carbons (Fsp3) is 0.786. The van der Waals surface area contributed by atoms with E-state index in [0.29, 0.717) is 24.2 Å². The molecule has 0 spiro atoms. The van der Waals surface area contributed by atoms with E-state index < -0.39 is 5.97 Å². The van der Waals surface area contributed by atoms with Gasteiger partial charge in [-0.25, -0.2) is 0 Å². The van der Waals surface area contributed by atoms with Gasteiger partial charge in [-0.1, -0.05) is 19.0 Å². The van der Waals surface area contributed by atoms with Crippen LogP contribution in [-0.4, -0.2) is 27.8 Å². The first kappa shape index (κ1) is 15.0. The van der Waals surface area contributed by atoms with Crippen LogP contribution in [0.1, 0.15) is 57.2 Å². The standard InChI is InChI=1S/C14H23N3O3/c1-9(2)13-16-12(17-20-13)8-15-7-10-3-5-11(6-4-10)14(18)19/h9-11,15H,3-8H2,1-2H3,(H,18,19). The maximum Gasteiger partial charge on any atom is 0.306 e. The SMILES string of the molecule is CC(C)c1nc(CNCC2CCC(C(=O)O)CC2)no1. The van der Waals surface area contributed by atoms with Crippen LogP contribution in [-0.2, 0) is 11.3 Å². The van der Waals surface area contributed by atoms with Crippen molar-refractivity contribution in [3.05, 3.63) is 11.7 Å². The summed E-state index contributed by atoms with van der Waals surface area (Å²) in [6.45, 7) is 5.53. The average molecular weight is 281 g/mol. The Hall–Kier alpha value is -1.43. The molecule has 6 nitrogen and oxygen atoms in total. The zero-order chi connectivity index (χ0) is 14.5. The van der Waals surface area contributed by atoms with E-state index in [2.05, 4.69) is 15.5 Å². The van der Waals surface area contributed by atoms with E-state index in [1.54, 1.807) is 0 Å². The monoisotopic (exact) mass is 281 g/mol. The summed E-state index contributed by atoms with van der Waals surface area (Å²) in [4.78, 5) is 15.2. The summed E-state index contributed by atoms with van der Waals surface area (Å²) in [5.41, 5.74) is 0. The van der Waals surface area contributed by atoms with Gasteiger partial charge < -0.3 is 14.9 Å². The molecule has 6 heteroatoms. The highest BCUT2D eigenvalue weighted by atomic mass is 16.5. The molecule has 1 heterocycles. The largest absolute Gasteiger partial charge is 0.481 e. The van der Waals surface area contributed by atoms with Crippen molar-refractivity contribution in [2.45, 2.75) is 52.0 Å². The van der Waals surface area contributed by atoms with Gasteiger partial charge in [-0.15, -0.1) is 0 Å². The molecular weight excluding hydrogens is 258 g/mol. The highest BCUT2D eigenvalue weighted by molar-refractivity contribution is 5.69. The Bertz CT molecular complexity index is 437. The number of nitrogens with zero attached hydrogens (tertiary/aromatic N) is 2. The lowest BCUT2D eigenvalue weighted by Crippen LogP contribution is -2.28. The summed E-state index contributed by atoms with van der Waals surface area (Å²) in [6, 6.07) is 0. The molecule has 0 amide bonds. The normalized spacial score (nSPS) is 23.1. The number of carboxylic acids is 1. The first-order chi connectivity index (χ1) is 9.56. The molecule has 20 heavy (non-hydrogen) atoms. The molecule has 1 aliphatic carbocycles. The molecule has 1 saturated carbocycles. The summed E-state index contributed by atoms with van der Waals surface area (Å²) in [6.07, 6.45) is 3.55. The van der Waals surface area contributed by atoms with Gasteiger partial charge in [-0.2, -0.15) is 4.98 Å². The van der Waals surface area contributed by atoms with E-state index in [1.807, 2.05) is 13.8 Å². The molecule has 0 unspecified atom stereocenters. The third-order valence-electron chi connectivity index (χ3n) is 3.89. The van der Waals surface area contributed by atoms with Gasteiger partial charge in [0.2, 0.25) is 5.89 Å². The molecular formula is C14H23N3O3. The van der Waals surface area contributed by atoms with Crippen molar-refractivity contribution in [1.82, 2.24) is 15.5 Å². The van der Waals surface area contributed by atoms with E-state index >= 15 is 0 Å². The predicted octanol–water partition coefficient (Wildman–Crippen LogP) is 2.17. The minimum Gasteiger partial charge on any atom is -0.481 e. The number of aromatic nitrogens is 2. The van der Waals surface area contributed by atoms with E-state index in [0.717, 1.165) is 32.2 Å². The lowest BCUT2D eigenvalue weighted by molar-refractivity contribution is -0.143. The summed E-state index contributed by atoms with van der Waals surface area (Å²) < 4.78 is 5.14. The second-order valence-electron chi connectivity index (χ2n) is 5.89. The Labute approximate surface area is 118 Å². The van der Waals surface area contributed by atoms with Crippen molar-refractivity contribution < 1.29 is 14.4 Å². The molecule has 0 bridgehead atoms. The number of carboxylic acid groups (broad SMARTS) is 1. The highest BCUT2D eigenvalue weighted by Gasteiger charge is 2.25. The Morgan fingerprint density at radius 1 is 1.40 bits per heavy atom. The van der Waals surface area contributed by atoms with Gasteiger partial charge in [0.25, 0.3) is 0 Å². The fourth-order valence-electron chi connectivity index (χ4n) is 2.58. The number of carbonyl (C=O) groups is 1. The topological polar surface area (TPSA) is 88.2 Å². The highest BCUT2D eigenvalue weighted by Crippen LogP contribution is 2.28. The van der Waals surface area contributed by atoms with Crippen molar-refractivity contribution in [2.75, 3.05) is 6.54 Å². The van der Waals surface area contributed by atoms with Crippen LogP contribution in [0.15, 0.2) is 4.52 Å². The Balaban J connectivity index is 1.67. The van der Waals surface area contributed by atoms with E-state index in [1.165, 1.54) is 0 Å². The minimum absolute atomic E-state index is 0.142. The summed E-state index contributed by atoms with van der Waals surface area (Å²) in [7, 11) is 0. The number of rotatable bonds is 6. The maximum atomic E-state index is 10.9. The lowest BCUT2D eigenvalue weighted by Gasteiger charge is -2.26.